The molecule has 0 saturated heterocycles. The third-order valence-corrected chi connectivity index (χ3v) is 7.91. The van der Waals surface area contributed by atoms with Crippen LogP contribution in [-0.2, 0) is 26.2 Å². The molecule has 7 nitrogen and oxygen atoms in total. The number of amides is 2. The van der Waals surface area contributed by atoms with E-state index in [2.05, 4.69) is 10.0 Å². The van der Waals surface area contributed by atoms with E-state index in [0.717, 1.165) is 30.6 Å². The molecule has 1 aliphatic rings. The Morgan fingerprint density at radius 2 is 1.78 bits per heavy atom. The topological polar surface area (TPSA) is 95.6 Å². The van der Waals surface area contributed by atoms with Crippen molar-refractivity contribution < 1.29 is 18.0 Å². The first kappa shape index (κ1) is 24.4. The molecule has 2 amide bonds. The number of sulfonamides is 1. The molecular weight excluding hydrogens is 446 g/mol. The van der Waals surface area contributed by atoms with Crippen molar-refractivity contribution in [2.75, 3.05) is 6.54 Å². The molecule has 0 spiro atoms. The van der Waals surface area contributed by atoms with Crippen LogP contribution in [0.3, 0.4) is 0 Å². The van der Waals surface area contributed by atoms with Gasteiger partial charge in [-0.15, -0.1) is 11.3 Å². The van der Waals surface area contributed by atoms with Crippen molar-refractivity contribution in [3.63, 3.8) is 0 Å². The lowest BCUT2D eigenvalue weighted by Gasteiger charge is -2.34. The quantitative estimate of drug-likeness (QED) is 0.550. The molecule has 174 valence electrons. The van der Waals surface area contributed by atoms with Gasteiger partial charge < -0.3 is 10.2 Å². The second kappa shape index (κ2) is 11.1. The second-order valence-electron chi connectivity index (χ2n) is 8.42. The molecule has 2 aromatic rings. The Hall–Kier alpha value is -2.23. The molecule has 32 heavy (non-hydrogen) atoms. The first-order chi connectivity index (χ1) is 15.3. The molecule has 3 rings (SSSR count). The molecule has 1 unspecified atom stereocenters. The molecule has 0 bridgehead atoms. The van der Waals surface area contributed by atoms with Crippen molar-refractivity contribution in [1.29, 1.82) is 0 Å². The largest absolute Gasteiger partial charge is 0.352 e. The normalized spacial score (nSPS) is 15.6. The summed E-state index contributed by atoms with van der Waals surface area (Å²) in [5.74, 6) is -0.744. The maximum Gasteiger partial charge on any atom is 0.243 e. The number of hydrogen-bond acceptors (Lipinski definition) is 5. The summed E-state index contributed by atoms with van der Waals surface area (Å²) >= 11 is 1.50. The smallest absolute Gasteiger partial charge is 0.243 e. The fraction of sp³-hybridized carbons (Fsp3) is 0.478. The Balaban J connectivity index is 1.78. The lowest BCUT2D eigenvalue weighted by atomic mass is 10.0. The second-order valence-corrected chi connectivity index (χ2v) is 11.2. The van der Waals surface area contributed by atoms with Crippen molar-refractivity contribution in [1.82, 2.24) is 14.9 Å². The first-order valence-electron chi connectivity index (χ1n) is 10.9. The molecule has 1 atom stereocenters. The van der Waals surface area contributed by atoms with E-state index in [1.807, 2.05) is 31.4 Å². The van der Waals surface area contributed by atoms with Gasteiger partial charge in [0.05, 0.1) is 18.0 Å². The van der Waals surface area contributed by atoms with Crippen LogP contribution < -0.4 is 10.0 Å². The molecule has 0 aliphatic heterocycles. The number of benzene rings is 1. The Bertz CT molecular complexity index is 986. The van der Waals surface area contributed by atoms with Gasteiger partial charge in [0.25, 0.3) is 0 Å². The molecule has 1 aromatic carbocycles. The third-order valence-electron chi connectivity index (χ3n) is 5.63. The summed E-state index contributed by atoms with van der Waals surface area (Å²) < 4.78 is 27.6. The summed E-state index contributed by atoms with van der Waals surface area (Å²) in [6.07, 6.45) is 4.09. The van der Waals surface area contributed by atoms with Crippen molar-refractivity contribution in [3.8, 4) is 0 Å². The highest BCUT2D eigenvalue weighted by Gasteiger charge is 2.34. The van der Waals surface area contributed by atoms with Crippen molar-refractivity contribution >= 4 is 33.2 Å². The van der Waals surface area contributed by atoms with E-state index in [4.69, 9.17) is 0 Å². The van der Waals surface area contributed by atoms with Crippen LogP contribution in [0.2, 0.25) is 0 Å². The number of thiophene rings is 1. The Morgan fingerprint density at radius 3 is 2.38 bits per heavy atom. The molecule has 1 aliphatic carbocycles. The molecule has 9 heteroatoms. The summed E-state index contributed by atoms with van der Waals surface area (Å²) in [4.78, 5) is 29.0. The van der Waals surface area contributed by atoms with E-state index < -0.39 is 28.5 Å². The average molecular weight is 478 g/mol. The number of rotatable bonds is 10. The third kappa shape index (κ3) is 6.40. The Morgan fingerprint density at radius 1 is 1.09 bits per heavy atom. The van der Waals surface area contributed by atoms with Gasteiger partial charge in [0.1, 0.15) is 6.04 Å². The average Bonchev–Trinajstić information content (AvgIpc) is 3.46. The van der Waals surface area contributed by atoms with E-state index in [1.165, 1.54) is 28.4 Å². The zero-order valence-corrected chi connectivity index (χ0v) is 20.1. The van der Waals surface area contributed by atoms with E-state index in [1.54, 1.807) is 18.2 Å². The standard InChI is InChI=1S/C23H31N3O4S2/c1-17(2)22(23(28)25-18-9-6-7-10-18)26(16-19-11-8-14-31-19)21(27)15-24-32(29,30)20-12-4-3-5-13-20/h3-5,8,11-14,17-18,22,24H,6-7,9-10,15-16H2,1-2H3,(H,25,28). The summed E-state index contributed by atoms with van der Waals surface area (Å²) in [6, 6.07) is 11.2. The van der Waals surface area contributed by atoms with Crippen LogP contribution in [-0.4, -0.2) is 43.8 Å². The zero-order valence-electron chi connectivity index (χ0n) is 18.5. The number of carbonyl (C=O) groups excluding carboxylic acids is 2. The van der Waals surface area contributed by atoms with Crippen LogP contribution in [0.15, 0.2) is 52.7 Å². The van der Waals surface area contributed by atoms with Crippen LogP contribution >= 0.6 is 11.3 Å². The van der Waals surface area contributed by atoms with Gasteiger partial charge in [-0.25, -0.2) is 13.1 Å². The van der Waals surface area contributed by atoms with Gasteiger partial charge in [0, 0.05) is 10.9 Å². The van der Waals surface area contributed by atoms with E-state index in [9.17, 15) is 18.0 Å². The van der Waals surface area contributed by atoms with Gasteiger partial charge in [0.2, 0.25) is 21.8 Å². The van der Waals surface area contributed by atoms with Crippen LogP contribution in [0, 0.1) is 5.92 Å². The highest BCUT2D eigenvalue weighted by Crippen LogP contribution is 2.22. The minimum Gasteiger partial charge on any atom is -0.352 e. The lowest BCUT2D eigenvalue weighted by Crippen LogP contribution is -2.55. The van der Waals surface area contributed by atoms with E-state index >= 15 is 0 Å². The fourth-order valence-electron chi connectivity index (χ4n) is 4.01. The molecule has 1 saturated carbocycles. The van der Waals surface area contributed by atoms with Crippen LogP contribution in [0.5, 0.6) is 0 Å². The highest BCUT2D eigenvalue weighted by atomic mass is 32.2. The Kier molecular flexibility index (Phi) is 8.44. The summed E-state index contributed by atoms with van der Waals surface area (Å²) in [7, 11) is -3.83. The van der Waals surface area contributed by atoms with Crippen LogP contribution in [0.1, 0.15) is 44.4 Å². The summed E-state index contributed by atoms with van der Waals surface area (Å²) in [5, 5.41) is 5.02. The SMILES string of the molecule is CC(C)C(C(=O)NC1CCCC1)N(Cc1cccs1)C(=O)CNS(=O)(=O)c1ccccc1. The van der Waals surface area contributed by atoms with Gasteiger partial charge in [-0.3, -0.25) is 9.59 Å². The minimum absolute atomic E-state index is 0.0944. The molecular formula is C23H31N3O4S2. The van der Waals surface area contributed by atoms with Gasteiger partial charge in [-0.2, -0.15) is 0 Å². The molecule has 1 fully saturated rings. The van der Waals surface area contributed by atoms with Crippen LogP contribution in [0.4, 0.5) is 0 Å². The zero-order chi connectivity index (χ0) is 23.1. The Labute approximate surface area is 194 Å². The highest BCUT2D eigenvalue weighted by molar-refractivity contribution is 7.89. The predicted molar refractivity (Wildman–Crippen MR) is 126 cm³/mol. The molecule has 1 heterocycles. The van der Waals surface area contributed by atoms with E-state index in [0.29, 0.717) is 0 Å². The maximum absolute atomic E-state index is 13.3. The van der Waals surface area contributed by atoms with Crippen LogP contribution in [0.25, 0.3) is 0 Å². The van der Waals surface area contributed by atoms with Gasteiger partial charge >= 0.3 is 0 Å². The predicted octanol–water partition coefficient (Wildman–Crippen LogP) is 3.14. The first-order valence-corrected chi connectivity index (χ1v) is 13.3. The van der Waals surface area contributed by atoms with Crippen molar-refractivity contribution in [3.05, 3.63) is 52.7 Å². The molecule has 1 aromatic heterocycles. The molecule has 2 N–H and O–H groups in total. The van der Waals surface area contributed by atoms with E-state index in [-0.39, 0.29) is 29.3 Å². The van der Waals surface area contributed by atoms with Gasteiger partial charge in [-0.1, -0.05) is 51.0 Å². The number of nitrogens with zero attached hydrogens (tertiary/aromatic N) is 1. The van der Waals surface area contributed by atoms with Crippen molar-refractivity contribution in [2.24, 2.45) is 5.92 Å². The van der Waals surface area contributed by atoms with Crippen molar-refractivity contribution in [2.45, 2.75) is 63.1 Å². The minimum atomic E-state index is -3.83. The van der Waals surface area contributed by atoms with Gasteiger partial charge in [0.15, 0.2) is 0 Å². The molecule has 0 radical (unpaired) electrons. The fourth-order valence-corrected chi connectivity index (χ4v) is 5.71. The number of hydrogen-bond donors (Lipinski definition) is 2. The monoisotopic (exact) mass is 477 g/mol. The number of nitrogens with one attached hydrogen (secondary N) is 2. The van der Waals surface area contributed by atoms with Gasteiger partial charge in [-0.05, 0) is 42.3 Å². The summed E-state index contributed by atoms with van der Waals surface area (Å²) in [5.41, 5.74) is 0. The summed E-state index contributed by atoms with van der Waals surface area (Å²) in [6.45, 7) is 3.65. The maximum atomic E-state index is 13.3. The number of carbonyl (C=O) groups is 2. The lowest BCUT2D eigenvalue weighted by molar-refractivity contribution is -0.142.